The number of aromatic nitrogens is 2. The number of aryl methyl sites for hydroxylation is 1. The molecule has 6 heteroatoms. The summed E-state index contributed by atoms with van der Waals surface area (Å²) in [5.74, 6) is 2.29. The zero-order valence-electron chi connectivity index (χ0n) is 12.9. The maximum atomic E-state index is 5.57. The SMILES string of the molecule is COCc1nc2cc(OC)c(OC)cc2n1CCCCN. The summed E-state index contributed by atoms with van der Waals surface area (Å²) in [4.78, 5) is 4.64. The van der Waals surface area contributed by atoms with E-state index in [1.165, 1.54) is 0 Å². The van der Waals surface area contributed by atoms with Crippen molar-refractivity contribution in [3.63, 3.8) is 0 Å². The topological polar surface area (TPSA) is 71.5 Å². The summed E-state index contributed by atoms with van der Waals surface area (Å²) in [6.45, 7) is 2.03. The number of nitrogens with two attached hydrogens (primary N) is 1. The predicted octanol–water partition coefficient (Wildman–Crippen LogP) is 1.94. The van der Waals surface area contributed by atoms with Gasteiger partial charge in [-0.1, -0.05) is 0 Å². The number of rotatable bonds is 8. The van der Waals surface area contributed by atoms with Gasteiger partial charge in [-0.2, -0.15) is 0 Å². The third kappa shape index (κ3) is 3.28. The fourth-order valence-corrected chi connectivity index (χ4v) is 2.40. The lowest BCUT2D eigenvalue weighted by atomic mass is 10.2. The van der Waals surface area contributed by atoms with E-state index in [1.54, 1.807) is 21.3 Å². The Kier molecular flexibility index (Phi) is 5.41. The van der Waals surface area contributed by atoms with Crippen LogP contribution in [-0.4, -0.2) is 37.4 Å². The molecule has 0 amide bonds. The van der Waals surface area contributed by atoms with Crippen molar-refractivity contribution in [1.82, 2.24) is 9.55 Å². The van der Waals surface area contributed by atoms with E-state index in [4.69, 9.17) is 19.9 Å². The average Bonchev–Trinajstić information content (AvgIpc) is 2.83. The van der Waals surface area contributed by atoms with Gasteiger partial charge in [0.25, 0.3) is 0 Å². The second-order valence-electron chi connectivity index (χ2n) is 4.80. The van der Waals surface area contributed by atoms with Gasteiger partial charge in [0.2, 0.25) is 0 Å². The van der Waals surface area contributed by atoms with Gasteiger partial charge in [0, 0.05) is 25.8 Å². The molecule has 0 spiro atoms. The first kappa shape index (κ1) is 15.6. The molecule has 1 aromatic heterocycles. The van der Waals surface area contributed by atoms with Crippen LogP contribution in [0.1, 0.15) is 18.7 Å². The Labute approximate surface area is 124 Å². The number of ether oxygens (including phenoxy) is 3. The standard InChI is InChI=1S/C15H23N3O3/c1-19-10-15-17-11-8-13(20-2)14(21-3)9-12(11)18(15)7-5-4-6-16/h8-9H,4-7,10,16H2,1-3H3. The largest absolute Gasteiger partial charge is 0.493 e. The first-order valence-corrected chi connectivity index (χ1v) is 7.05. The summed E-state index contributed by atoms with van der Waals surface area (Å²) in [6, 6.07) is 3.86. The zero-order valence-corrected chi connectivity index (χ0v) is 12.9. The average molecular weight is 293 g/mol. The lowest BCUT2D eigenvalue weighted by Gasteiger charge is -2.10. The van der Waals surface area contributed by atoms with Gasteiger partial charge < -0.3 is 24.5 Å². The molecule has 6 nitrogen and oxygen atoms in total. The summed E-state index contributed by atoms with van der Waals surface area (Å²) in [5, 5.41) is 0. The highest BCUT2D eigenvalue weighted by Gasteiger charge is 2.14. The van der Waals surface area contributed by atoms with Crippen molar-refractivity contribution in [2.75, 3.05) is 27.9 Å². The Balaban J connectivity index is 2.47. The van der Waals surface area contributed by atoms with Crippen molar-refractivity contribution < 1.29 is 14.2 Å². The number of hydrogen-bond donors (Lipinski definition) is 1. The van der Waals surface area contributed by atoms with Gasteiger partial charge in [-0.05, 0) is 19.4 Å². The summed E-state index contributed by atoms with van der Waals surface area (Å²) >= 11 is 0. The van der Waals surface area contributed by atoms with Crippen LogP contribution in [0.3, 0.4) is 0 Å². The smallest absolute Gasteiger partial charge is 0.163 e. The van der Waals surface area contributed by atoms with Gasteiger partial charge >= 0.3 is 0 Å². The lowest BCUT2D eigenvalue weighted by molar-refractivity contribution is 0.174. The van der Waals surface area contributed by atoms with E-state index in [-0.39, 0.29) is 0 Å². The molecule has 2 rings (SSSR count). The van der Waals surface area contributed by atoms with Crippen molar-refractivity contribution in [2.45, 2.75) is 26.0 Å². The van der Waals surface area contributed by atoms with Gasteiger partial charge in [-0.25, -0.2) is 4.98 Å². The van der Waals surface area contributed by atoms with Gasteiger partial charge in [0.15, 0.2) is 11.5 Å². The van der Waals surface area contributed by atoms with Crippen LogP contribution in [0, 0.1) is 0 Å². The molecule has 0 atom stereocenters. The Morgan fingerprint density at radius 1 is 1.10 bits per heavy atom. The zero-order chi connectivity index (χ0) is 15.2. The summed E-state index contributed by atoms with van der Waals surface area (Å²) in [5.41, 5.74) is 7.48. The number of methoxy groups -OCH3 is 3. The second kappa shape index (κ2) is 7.28. The third-order valence-electron chi connectivity index (χ3n) is 3.44. The molecule has 0 aliphatic rings. The molecule has 0 saturated carbocycles. The maximum Gasteiger partial charge on any atom is 0.163 e. The first-order chi connectivity index (χ1) is 10.2. The van der Waals surface area contributed by atoms with Crippen LogP contribution in [0.25, 0.3) is 11.0 Å². The normalized spacial score (nSPS) is 11.0. The Morgan fingerprint density at radius 2 is 1.81 bits per heavy atom. The molecule has 0 saturated heterocycles. The second-order valence-corrected chi connectivity index (χ2v) is 4.80. The summed E-state index contributed by atoms with van der Waals surface area (Å²) in [7, 11) is 4.93. The molecule has 116 valence electrons. The molecule has 0 fully saturated rings. The van der Waals surface area contributed by atoms with Crippen LogP contribution in [0.15, 0.2) is 12.1 Å². The van der Waals surface area contributed by atoms with Gasteiger partial charge in [-0.15, -0.1) is 0 Å². The van der Waals surface area contributed by atoms with Gasteiger partial charge in [0.05, 0.1) is 25.3 Å². The maximum absolute atomic E-state index is 5.57. The Bertz CT molecular complexity index is 595. The molecule has 0 aliphatic carbocycles. The molecule has 0 aliphatic heterocycles. The molecular formula is C15H23N3O3. The molecule has 2 N–H and O–H groups in total. The first-order valence-electron chi connectivity index (χ1n) is 7.05. The van der Waals surface area contributed by atoms with Crippen molar-refractivity contribution >= 4 is 11.0 Å². The third-order valence-corrected chi connectivity index (χ3v) is 3.44. The van der Waals surface area contributed by atoms with E-state index < -0.39 is 0 Å². The number of unbranched alkanes of at least 4 members (excludes halogenated alkanes) is 1. The van der Waals surface area contributed by atoms with Crippen LogP contribution >= 0.6 is 0 Å². The number of hydrogen-bond acceptors (Lipinski definition) is 5. The van der Waals surface area contributed by atoms with Crippen LogP contribution in [0.5, 0.6) is 11.5 Å². The minimum absolute atomic E-state index is 0.474. The number of benzene rings is 1. The van der Waals surface area contributed by atoms with Crippen LogP contribution < -0.4 is 15.2 Å². The lowest BCUT2D eigenvalue weighted by Crippen LogP contribution is -2.07. The number of imidazole rings is 1. The molecule has 0 bridgehead atoms. The minimum atomic E-state index is 0.474. The molecule has 21 heavy (non-hydrogen) atoms. The van der Waals surface area contributed by atoms with E-state index in [2.05, 4.69) is 9.55 Å². The van der Waals surface area contributed by atoms with Gasteiger partial charge in [-0.3, -0.25) is 0 Å². The van der Waals surface area contributed by atoms with E-state index in [0.717, 1.165) is 36.2 Å². The minimum Gasteiger partial charge on any atom is -0.493 e. The van der Waals surface area contributed by atoms with Crippen molar-refractivity contribution in [2.24, 2.45) is 5.73 Å². The predicted molar refractivity (Wildman–Crippen MR) is 81.8 cm³/mol. The van der Waals surface area contributed by atoms with E-state index in [0.29, 0.717) is 24.7 Å². The highest BCUT2D eigenvalue weighted by atomic mass is 16.5. The number of fused-ring (bicyclic) bond motifs is 1. The fraction of sp³-hybridized carbons (Fsp3) is 0.533. The van der Waals surface area contributed by atoms with Crippen LogP contribution in [0.2, 0.25) is 0 Å². The molecule has 1 aromatic carbocycles. The van der Waals surface area contributed by atoms with Crippen molar-refractivity contribution in [1.29, 1.82) is 0 Å². The van der Waals surface area contributed by atoms with Gasteiger partial charge in [0.1, 0.15) is 12.4 Å². The van der Waals surface area contributed by atoms with E-state index in [9.17, 15) is 0 Å². The summed E-state index contributed by atoms with van der Waals surface area (Å²) < 4.78 is 18.1. The Hall–Kier alpha value is -1.79. The molecule has 1 heterocycles. The molecule has 0 unspecified atom stereocenters. The van der Waals surface area contributed by atoms with Crippen molar-refractivity contribution in [3.05, 3.63) is 18.0 Å². The fourth-order valence-electron chi connectivity index (χ4n) is 2.40. The summed E-state index contributed by atoms with van der Waals surface area (Å²) in [6.07, 6.45) is 1.99. The molecule has 2 aromatic rings. The monoisotopic (exact) mass is 293 g/mol. The Morgan fingerprint density at radius 3 is 2.43 bits per heavy atom. The molecule has 0 radical (unpaired) electrons. The van der Waals surface area contributed by atoms with E-state index in [1.807, 2.05) is 12.1 Å². The van der Waals surface area contributed by atoms with Crippen LogP contribution in [0.4, 0.5) is 0 Å². The highest BCUT2D eigenvalue weighted by molar-refractivity contribution is 5.80. The number of nitrogens with zero attached hydrogens (tertiary/aromatic N) is 2. The van der Waals surface area contributed by atoms with Crippen molar-refractivity contribution in [3.8, 4) is 11.5 Å². The van der Waals surface area contributed by atoms with Crippen LogP contribution in [-0.2, 0) is 17.9 Å². The van der Waals surface area contributed by atoms with E-state index >= 15 is 0 Å². The molecular weight excluding hydrogens is 270 g/mol. The quantitative estimate of drug-likeness (QED) is 0.753. The highest BCUT2D eigenvalue weighted by Crippen LogP contribution is 2.32.